The highest BCUT2D eigenvalue weighted by Crippen LogP contribution is 2.38. The van der Waals surface area contributed by atoms with Gasteiger partial charge in [-0.05, 0) is 42.9 Å². The van der Waals surface area contributed by atoms with E-state index in [2.05, 4.69) is 10.6 Å². The highest BCUT2D eigenvalue weighted by atomic mass is 19.1. The van der Waals surface area contributed by atoms with E-state index in [9.17, 15) is 18.8 Å². The SMILES string of the molecule is C[C@H]1CCCC[C@@]12NC(=O)N(CC(=O)NCCc1ccc(F)cc1)C2=O. The monoisotopic (exact) mass is 361 g/mol. The maximum atomic E-state index is 12.9. The summed E-state index contributed by atoms with van der Waals surface area (Å²) in [5.41, 5.74) is 0.0562. The molecule has 1 aliphatic heterocycles. The van der Waals surface area contributed by atoms with Crippen LogP contribution in [0.3, 0.4) is 0 Å². The zero-order chi connectivity index (χ0) is 18.7. The lowest BCUT2D eigenvalue weighted by Crippen LogP contribution is -2.54. The first-order chi connectivity index (χ1) is 12.4. The molecule has 2 fully saturated rings. The highest BCUT2D eigenvalue weighted by Gasteiger charge is 2.55. The molecule has 1 aromatic carbocycles. The van der Waals surface area contributed by atoms with Crippen LogP contribution in [-0.4, -0.2) is 41.4 Å². The van der Waals surface area contributed by atoms with Crippen molar-refractivity contribution in [3.05, 3.63) is 35.6 Å². The molecule has 0 radical (unpaired) electrons. The van der Waals surface area contributed by atoms with Gasteiger partial charge in [-0.1, -0.05) is 31.9 Å². The summed E-state index contributed by atoms with van der Waals surface area (Å²) in [5.74, 6) is -0.902. The fourth-order valence-corrected chi connectivity index (χ4v) is 3.84. The molecule has 2 N–H and O–H groups in total. The first kappa shape index (κ1) is 18.4. The summed E-state index contributed by atoms with van der Waals surface area (Å²) in [6.45, 7) is 2.06. The largest absolute Gasteiger partial charge is 0.354 e. The molecule has 2 aliphatic rings. The maximum absolute atomic E-state index is 12.9. The van der Waals surface area contributed by atoms with Gasteiger partial charge in [-0.3, -0.25) is 14.5 Å². The molecule has 3 rings (SSSR count). The van der Waals surface area contributed by atoms with Crippen molar-refractivity contribution in [2.45, 2.75) is 44.6 Å². The predicted molar refractivity (Wildman–Crippen MR) is 93.7 cm³/mol. The van der Waals surface area contributed by atoms with Crippen molar-refractivity contribution in [2.24, 2.45) is 5.92 Å². The number of nitrogens with one attached hydrogen (secondary N) is 2. The predicted octanol–water partition coefficient (Wildman–Crippen LogP) is 1.99. The number of urea groups is 1. The average molecular weight is 361 g/mol. The number of imide groups is 1. The number of carbonyl (C=O) groups excluding carboxylic acids is 3. The molecule has 1 heterocycles. The first-order valence-electron chi connectivity index (χ1n) is 9.07. The van der Waals surface area contributed by atoms with Gasteiger partial charge >= 0.3 is 6.03 Å². The van der Waals surface area contributed by atoms with Crippen molar-refractivity contribution < 1.29 is 18.8 Å². The van der Waals surface area contributed by atoms with E-state index >= 15 is 0 Å². The van der Waals surface area contributed by atoms with Gasteiger partial charge in [0, 0.05) is 6.54 Å². The van der Waals surface area contributed by atoms with Gasteiger partial charge in [0.05, 0.1) is 0 Å². The highest BCUT2D eigenvalue weighted by molar-refractivity contribution is 6.09. The Morgan fingerprint density at radius 2 is 2.04 bits per heavy atom. The molecule has 6 nitrogen and oxygen atoms in total. The Morgan fingerprint density at radius 1 is 1.31 bits per heavy atom. The molecule has 140 valence electrons. The van der Waals surface area contributed by atoms with E-state index in [1.54, 1.807) is 12.1 Å². The number of nitrogens with zero attached hydrogens (tertiary/aromatic N) is 1. The molecular weight excluding hydrogens is 337 g/mol. The van der Waals surface area contributed by atoms with Crippen molar-refractivity contribution in [3.63, 3.8) is 0 Å². The lowest BCUT2D eigenvalue weighted by Gasteiger charge is -2.36. The van der Waals surface area contributed by atoms with Gasteiger partial charge in [0.2, 0.25) is 5.91 Å². The second-order valence-electron chi connectivity index (χ2n) is 7.17. The summed E-state index contributed by atoms with van der Waals surface area (Å²) >= 11 is 0. The zero-order valence-corrected chi connectivity index (χ0v) is 14.9. The van der Waals surface area contributed by atoms with E-state index in [1.807, 2.05) is 6.92 Å². The third kappa shape index (κ3) is 3.57. The molecule has 2 atom stereocenters. The Labute approximate surface area is 152 Å². The first-order valence-corrected chi connectivity index (χ1v) is 9.07. The molecule has 4 amide bonds. The number of benzene rings is 1. The van der Waals surface area contributed by atoms with Gasteiger partial charge in [0.1, 0.15) is 17.9 Å². The van der Waals surface area contributed by atoms with E-state index in [1.165, 1.54) is 12.1 Å². The van der Waals surface area contributed by atoms with Crippen molar-refractivity contribution in [3.8, 4) is 0 Å². The molecule has 0 aromatic heterocycles. The van der Waals surface area contributed by atoms with E-state index in [4.69, 9.17) is 0 Å². The summed E-state index contributed by atoms with van der Waals surface area (Å²) in [6, 6.07) is 5.57. The standard InChI is InChI=1S/C19H24FN3O3/c1-13-4-2-3-10-19(13)17(25)23(18(26)22-19)12-16(24)21-11-9-14-5-7-15(20)8-6-14/h5-8,13H,2-4,9-12H2,1H3,(H,21,24)(H,22,26)/t13-,19+/m0/s1. The Balaban J connectivity index is 1.53. The minimum atomic E-state index is -0.844. The number of hydrogen-bond donors (Lipinski definition) is 2. The van der Waals surface area contributed by atoms with E-state index < -0.39 is 11.6 Å². The molecule has 0 unspecified atom stereocenters. The van der Waals surface area contributed by atoms with Crippen LogP contribution in [0.1, 0.15) is 38.2 Å². The molecule has 1 saturated heterocycles. The molecule has 7 heteroatoms. The molecule has 1 saturated carbocycles. The average Bonchev–Trinajstić information content (AvgIpc) is 2.84. The molecule has 1 aromatic rings. The van der Waals surface area contributed by atoms with E-state index in [0.29, 0.717) is 19.4 Å². The van der Waals surface area contributed by atoms with Gasteiger partial charge in [-0.15, -0.1) is 0 Å². The van der Waals surface area contributed by atoms with E-state index in [0.717, 1.165) is 29.7 Å². The Kier molecular flexibility index (Phi) is 5.25. The summed E-state index contributed by atoms with van der Waals surface area (Å²) < 4.78 is 12.9. The van der Waals surface area contributed by atoms with Gasteiger partial charge < -0.3 is 10.6 Å². The van der Waals surface area contributed by atoms with Crippen LogP contribution in [0.5, 0.6) is 0 Å². The minimum Gasteiger partial charge on any atom is -0.354 e. The molecule has 1 aliphatic carbocycles. The summed E-state index contributed by atoms with van der Waals surface area (Å²) in [6.07, 6.45) is 4.02. The van der Waals surface area contributed by atoms with Crippen LogP contribution in [0, 0.1) is 11.7 Å². The van der Waals surface area contributed by atoms with Crippen LogP contribution in [0.25, 0.3) is 0 Å². The van der Waals surface area contributed by atoms with Crippen LogP contribution < -0.4 is 10.6 Å². The number of amides is 4. The van der Waals surface area contributed by atoms with Crippen LogP contribution in [0.2, 0.25) is 0 Å². The van der Waals surface area contributed by atoms with Crippen LogP contribution in [-0.2, 0) is 16.0 Å². The Hall–Kier alpha value is -2.44. The second-order valence-corrected chi connectivity index (χ2v) is 7.17. The Bertz CT molecular complexity index is 706. The molecule has 26 heavy (non-hydrogen) atoms. The van der Waals surface area contributed by atoms with E-state index in [-0.39, 0.29) is 30.1 Å². The van der Waals surface area contributed by atoms with Crippen LogP contribution >= 0.6 is 0 Å². The third-order valence-corrected chi connectivity index (χ3v) is 5.45. The zero-order valence-electron chi connectivity index (χ0n) is 14.9. The molecular formula is C19H24FN3O3. The van der Waals surface area contributed by atoms with Gasteiger partial charge in [-0.2, -0.15) is 0 Å². The number of halogens is 1. The smallest absolute Gasteiger partial charge is 0.325 e. The molecule has 0 bridgehead atoms. The lowest BCUT2D eigenvalue weighted by molar-refractivity contribution is -0.137. The fourth-order valence-electron chi connectivity index (χ4n) is 3.84. The van der Waals surface area contributed by atoms with Gasteiger partial charge in [0.15, 0.2) is 0 Å². The van der Waals surface area contributed by atoms with Crippen molar-refractivity contribution >= 4 is 17.8 Å². The van der Waals surface area contributed by atoms with Gasteiger partial charge in [0.25, 0.3) is 5.91 Å². The number of hydrogen-bond acceptors (Lipinski definition) is 3. The van der Waals surface area contributed by atoms with Crippen molar-refractivity contribution in [2.75, 3.05) is 13.1 Å². The summed E-state index contributed by atoms with van der Waals surface area (Å²) in [5, 5.41) is 5.54. The number of carbonyl (C=O) groups is 3. The Morgan fingerprint density at radius 3 is 2.73 bits per heavy atom. The lowest BCUT2D eigenvalue weighted by atomic mass is 9.73. The fraction of sp³-hybridized carbons (Fsp3) is 0.526. The van der Waals surface area contributed by atoms with Crippen LogP contribution in [0.15, 0.2) is 24.3 Å². The molecule has 1 spiro atoms. The van der Waals surface area contributed by atoms with Crippen molar-refractivity contribution in [1.82, 2.24) is 15.5 Å². The second kappa shape index (κ2) is 7.43. The minimum absolute atomic E-state index is 0.0687. The van der Waals surface area contributed by atoms with Crippen molar-refractivity contribution in [1.29, 1.82) is 0 Å². The summed E-state index contributed by atoms with van der Waals surface area (Å²) in [7, 11) is 0. The third-order valence-electron chi connectivity index (χ3n) is 5.45. The topological polar surface area (TPSA) is 78.5 Å². The number of rotatable bonds is 5. The van der Waals surface area contributed by atoms with Gasteiger partial charge in [-0.25, -0.2) is 9.18 Å². The quantitative estimate of drug-likeness (QED) is 0.787. The maximum Gasteiger partial charge on any atom is 0.325 e. The van der Waals surface area contributed by atoms with Crippen LogP contribution in [0.4, 0.5) is 9.18 Å². The summed E-state index contributed by atoms with van der Waals surface area (Å²) in [4.78, 5) is 38.2. The normalized spacial score (nSPS) is 25.5.